The number of benzene rings is 1. The van der Waals surface area contributed by atoms with Gasteiger partial charge in [0.2, 0.25) is 0 Å². The summed E-state index contributed by atoms with van der Waals surface area (Å²) in [4.78, 5) is 13.6. The number of hydrogen-bond acceptors (Lipinski definition) is 3. The fraction of sp³-hybridized carbons (Fsp3) is 0.462. The van der Waals surface area contributed by atoms with Gasteiger partial charge in [0.1, 0.15) is 5.78 Å². The van der Waals surface area contributed by atoms with E-state index < -0.39 is 0 Å². The zero-order valence-electron chi connectivity index (χ0n) is 9.48. The lowest BCUT2D eigenvalue weighted by Gasteiger charge is -2.24. The van der Waals surface area contributed by atoms with Crippen molar-refractivity contribution in [3.63, 3.8) is 0 Å². The van der Waals surface area contributed by atoms with Gasteiger partial charge in [-0.25, -0.2) is 0 Å². The van der Waals surface area contributed by atoms with Crippen molar-refractivity contribution in [3.8, 4) is 0 Å². The predicted molar refractivity (Wildman–Crippen MR) is 65.4 cm³/mol. The Morgan fingerprint density at radius 1 is 1.19 bits per heavy atom. The van der Waals surface area contributed by atoms with Gasteiger partial charge in [0.15, 0.2) is 0 Å². The number of nitrogens with two attached hydrogens (primary N) is 1. The maximum Gasteiger partial charge on any atom is 0.134 e. The molecule has 1 aliphatic rings. The molecule has 1 fully saturated rings. The number of rotatable bonds is 2. The molecule has 0 aliphatic carbocycles. The summed E-state index contributed by atoms with van der Waals surface area (Å²) < 4.78 is 0. The molecule has 0 saturated carbocycles. The Morgan fingerprint density at radius 3 is 2.81 bits per heavy atom. The molecular formula is C13H18N2O. The Morgan fingerprint density at radius 2 is 2.00 bits per heavy atom. The molecule has 0 unspecified atom stereocenters. The molecule has 0 aromatic heterocycles. The first-order valence-corrected chi connectivity index (χ1v) is 5.86. The van der Waals surface area contributed by atoms with E-state index in [0.29, 0.717) is 18.7 Å². The quantitative estimate of drug-likeness (QED) is 0.822. The fourth-order valence-electron chi connectivity index (χ4n) is 2.20. The van der Waals surface area contributed by atoms with E-state index >= 15 is 0 Å². The van der Waals surface area contributed by atoms with Crippen LogP contribution in [0, 0.1) is 0 Å². The van der Waals surface area contributed by atoms with E-state index in [4.69, 9.17) is 5.73 Å². The summed E-state index contributed by atoms with van der Waals surface area (Å²) in [6, 6.07) is 8.19. The van der Waals surface area contributed by atoms with Crippen molar-refractivity contribution in [2.24, 2.45) is 5.73 Å². The number of anilines is 1. The number of hydrogen-bond donors (Lipinski definition) is 1. The van der Waals surface area contributed by atoms with Gasteiger partial charge in [0.25, 0.3) is 0 Å². The van der Waals surface area contributed by atoms with Gasteiger partial charge < -0.3 is 10.6 Å². The summed E-state index contributed by atoms with van der Waals surface area (Å²) >= 11 is 0. The minimum Gasteiger partial charge on any atom is -0.371 e. The summed E-state index contributed by atoms with van der Waals surface area (Å²) in [5, 5.41) is 0. The van der Waals surface area contributed by atoms with Gasteiger partial charge in [0, 0.05) is 38.2 Å². The van der Waals surface area contributed by atoms with Gasteiger partial charge in [-0.1, -0.05) is 18.2 Å². The minimum absolute atomic E-state index is 0.382. The Kier molecular flexibility index (Phi) is 3.57. The van der Waals surface area contributed by atoms with Crippen LogP contribution in [0.5, 0.6) is 0 Å². The average molecular weight is 218 g/mol. The molecule has 0 amide bonds. The van der Waals surface area contributed by atoms with Crippen molar-refractivity contribution < 1.29 is 4.79 Å². The van der Waals surface area contributed by atoms with Crippen LogP contribution in [0.15, 0.2) is 24.3 Å². The van der Waals surface area contributed by atoms with Crippen LogP contribution >= 0.6 is 0 Å². The number of Topliss-reactive ketones (excluding diaryl/α,β-unsaturated/α-hetero) is 1. The molecule has 1 aromatic rings. The lowest BCUT2D eigenvalue weighted by molar-refractivity contribution is -0.118. The molecule has 2 N–H and O–H groups in total. The summed E-state index contributed by atoms with van der Waals surface area (Å²) in [6.45, 7) is 2.35. The van der Waals surface area contributed by atoms with Gasteiger partial charge in [-0.05, 0) is 18.1 Å². The molecule has 86 valence electrons. The monoisotopic (exact) mass is 218 g/mol. The van der Waals surface area contributed by atoms with Gasteiger partial charge in [0.05, 0.1) is 0 Å². The van der Waals surface area contributed by atoms with Gasteiger partial charge in [-0.3, -0.25) is 4.79 Å². The molecule has 3 nitrogen and oxygen atoms in total. The highest BCUT2D eigenvalue weighted by molar-refractivity contribution is 5.79. The van der Waals surface area contributed by atoms with Gasteiger partial charge >= 0.3 is 0 Å². The standard InChI is InChI=1S/C13H18N2O/c14-10-11-4-1-2-6-13(11)15-8-3-5-12(16)7-9-15/h1-2,4,6H,3,5,7-10,14H2. The smallest absolute Gasteiger partial charge is 0.134 e. The van der Waals surface area contributed by atoms with E-state index in [1.165, 1.54) is 5.69 Å². The molecule has 1 heterocycles. The molecule has 1 aromatic carbocycles. The van der Waals surface area contributed by atoms with E-state index in [1.54, 1.807) is 0 Å². The first-order valence-electron chi connectivity index (χ1n) is 5.86. The van der Waals surface area contributed by atoms with E-state index in [9.17, 15) is 4.79 Å². The second kappa shape index (κ2) is 5.12. The molecule has 0 atom stereocenters. The van der Waals surface area contributed by atoms with Crippen LogP contribution < -0.4 is 10.6 Å². The number of ketones is 1. The molecule has 0 spiro atoms. The third-order valence-corrected chi connectivity index (χ3v) is 3.10. The Bertz CT molecular complexity index is 376. The Hall–Kier alpha value is -1.35. The van der Waals surface area contributed by atoms with Crippen LogP contribution in [0.1, 0.15) is 24.8 Å². The minimum atomic E-state index is 0.382. The summed E-state index contributed by atoms with van der Waals surface area (Å²) in [6.07, 6.45) is 2.35. The molecular weight excluding hydrogens is 200 g/mol. The molecule has 1 aliphatic heterocycles. The van der Waals surface area contributed by atoms with Gasteiger partial charge in [-0.2, -0.15) is 0 Å². The van der Waals surface area contributed by atoms with Crippen LogP contribution in [-0.2, 0) is 11.3 Å². The Labute approximate surface area is 96.2 Å². The Balaban J connectivity index is 2.19. The SMILES string of the molecule is NCc1ccccc1N1CCCC(=O)CC1. The second-order valence-electron chi connectivity index (χ2n) is 4.21. The second-order valence-corrected chi connectivity index (χ2v) is 4.21. The van der Waals surface area contributed by atoms with Gasteiger partial charge in [-0.15, -0.1) is 0 Å². The van der Waals surface area contributed by atoms with Crippen molar-refractivity contribution in [1.82, 2.24) is 0 Å². The number of para-hydroxylation sites is 1. The van der Waals surface area contributed by atoms with Crippen LogP contribution in [0.4, 0.5) is 5.69 Å². The summed E-state index contributed by atoms with van der Waals surface area (Å²) in [5.41, 5.74) is 8.09. The molecule has 2 rings (SSSR count). The van der Waals surface area contributed by atoms with Crippen molar-refractivity contribution in [1.29, 1.82) is 0 Å². The molecule has 16 heavy (non-hydrogen) atoms. The lowest BCUT2D eigenvalue weighted by atomic mass is 10.1. The third kappa shape index (κ3) is 2.42. The first kappa shape index (κ1) is 11.1. The largest absolute Gasteiger partial charge is 0.371 e. The van der Waals surface area contributed by atoms with E-state index in [-0.39, 0.29) is 0 Å². The van der Waals surface area contributed by atoms with E-state index in [1.807, 2.05) is 12.1 Å². The highest BCUT2D eigenvalue weighted by Crippen LogP contribution is 2.22. The fourth-order valence-corrected chi connectivity index (χ4v) is 2.20. The third-order valence-electron chi connectivity index (χ3n) is 3.10. The topological polar surface area (TPSA) is 46.3 Å². The number of carbonyl (C=O) groups is 1. The van der Waals surface area contributed by atoms with Crippen molar-refractivity contribution in [2.45, 2.75) is 25.8 Å². The highest BCUT2D eigenvalue weighted by Gasteiger charge is 2.15. The zero-order chi connectivity index (χ0) is 11.4. The summed E-state index contributed by atoms with van der Waals surface area (Å²) in [7, 11) is 0. The van der Waals surface area contributed by atoms with Crippen LogP contribution in [-0.4, -0.2) is 18.9 Å². The maximum absolute atomic E-state index is 11.4. The highest BCUT2D eigenvalue weighted by atomic mass is 16.1. The molecule has 0 radical (unpaired) electrons. The van der Waals surface area contributed by atoms with Crippen molar-refractivity contribution >= 4 is 11.5 Å². The zero-order valence-corrected chi connectivity index (χ0v) is 9.48. The predicted octanol–water partition coefficient (Wildman–Crippen LogP) is 1.70. The van der Waals surface area contributed by atoms with E-state index in [0.717, 1.165) is 31.5 Å². The molecule has 0 bridgehead atoms. The molecule has 1 saturated heterocycles. The van der Waals surface area contributed by atoms with E-state index in [2.05, 4.69) is 17.0 Å². The van der Waals surface area contributed by atoms with Crippen LogP contribution in [0.25, 0.3) is 0 Å². The lowest BCUT2D eigenvalue weighted by Crippen LogP contribution is -2.25. The first-order chi connectivity index (χ1) is 7.81. The van der Waals surface area contributed by atoms with Crippen molar-refractivity contribution in [2.75, 3.05) is 18.0 Å². The van der Waals surface area contributed by atoms with Crippen molar-refractivity contribution in [3.05, 3.63) is 29.8 Å². The number of carbonyl (C=O) groups excluding carboxylic acids is 1. The average Bonchev–Trinajstić information content (AvgIpc) is 2.54. The number of nitrogens with zero attached hydrogens (tertiary/aromatic N) is 1. The van der Waals surface area contributed by atoms with Crippen LogP contribution in [0.3, 0.4) is 0 Å². The maximum atomic E-state index is 11.4. The van der Waals surface area contributed by atoms with Crippen LogP contribution in [0.2, 0.25) is 0 Å². The summed E-state index contributed by atoms with van der Waals surface area (Å²) in [5.74, 6) is 0.382. The normalized spacial score (nSPS) is 17.3. The molecule has 3 heteroatoms.